The Morgan fingerprint density at radius 3 is 1.14 bits per heavy atom. The molecular formula is C3H5Na3O12S3. The van der Waals surface area contributed by atoms with Gasteiger partial charge in [-0.25, -0.2) is 25.3 Å². The van der Waals surface area contributed by atoms with Gasteiger partial charge in [0.25, 0.3) is 0 Å². The van der Waals surface area contributed by atoms with E-state index in [0.717, 1.165) is 0 Å². The Hall–Kier alpha value is 2.61. The molecule has 0 spiro atoms. The fourth-order valence-corrected chi connectivity index (χ4v) is 1.67. The van der Waals surface area contributed by atoms with Gasteiger partial charge in [0.05, 0.1) is 13.2 Å². The smallest absolute Gasteiger partial charge is 0.726 e. The van der Waals surface area contributed by atoms with Crippen molar-refractivity contribution in [2.75, 3.05) is 13.2 Å². The second-order valence-electron chi connectivity index (χ2n) is 2.51. The van der Waals surface area contributed by atoms with E-state index >= 15 is 0 Å². The molecule has 110 valence electrons. The number of hydrogen-bond donors (Lipinski definition) is 0. The van der Waals surface area contributed by atoms with E-state index in [1.54, 1.807) is 0 Å². The van der Waals surface area contributed by atoms with Crippen LogP contribution in [0.1, 0.15) is 0 Å². The fraction of sp³-hybridized carbons (Fsp3) is 1.00. The Labute approximate surface area is 188 Å². The summed E-state index contributed by atoms with van der Waals surface area (Å²) in [6.07, 6.45) is -2.10. The average Bonchev–Trinajstić information content (AvgIpc) is 2.05. The quantitative estimate of drug-likeness (QED) is 0.213. The molecule has 0 bridgehead atoms. The van der Waals surface area contributed by atoms with Gasteiger partial charge in [-0.3, -0.25) is 12.5 Å². The predicted molar refractivity (Wildman–Crippen MR) is 45.9 cm³/mol. The van der Waals surface area contributed by atoms with Crippen LogP contribution in [0.15, 0.2) is 0 Å². The van der Waals surface area contributed by atoms with Crippen molar-refractivity contribution >= 4 is 31.2 Å². The zero-order valence-corrected chi connectivity index (χ0v) is 19.6. The van der Waals surface area contributed by atoms with E-state index in [1.165, 1.54) is 0 Å². The van der Waals surface area contributed by atoms with Crippen LogP contribution < -0.4 is 88.7 Å². The molecule has 0 aromatic carbocycles. The summed E-state index contributed by atoms with van der Waals surface area (Å²) >= 11 is 0. The minimum atomic E-state index is -5.36. The largest absolute Gasteiger partial charge is 1.00 e. The molecule has 0 aromatic rings. The summed E-state index contributed by atoms with van der Waals surface area (Å²) in [6.45, 7) is -2.66. The van der Waals surface area contributed by atoms with Gasteiger partial charge in [0.2, 0.25) is 31.2 Å². The predicted octanol–water partition coefficient (Wildman–Crippen LogP) is -12.2. The van der Waals surface area contributed by atoms with Crippen molar-refractivity contribution in [3.63, 3.8) is 0 Å². The van der Waals surface area contributed by atoms with E-state index < -0.39 is 50.5 Å². The summed E-state index contributed by atoms with van der Waals surface area (Å²) < 4.78 is 101. The number of hydrogen-bond acceptors (Lipinski definition) is 12. The van der Waals surface area contributed by atoms with Crippen molar-refractivity contribution in [1.29, 1.82) is 0 Å². The second kappa shape index (κ2) is 12.9. The second-order valence-corrected chi connectivity index (χ2v) is 5.63. The third-order valence-electron chi connectivity index (χ3n) is 1.05. The molecule has 0 saturated carbocycles. The number of rotatable bonds is 8. The Bertz CT molecular complexity index is 528. The molecule has 0 radical (unpaired) electrons. The normalized spacial score (nSPS) is 12.0. The summed E-state index contributed by atoms with van der Waals surface area (Å²) in [5, 5.41) is 0. The molecule has 21 heavy (non-hydrogen) atoms. The molecule has 0 N–H and O–H groups in total. The van der Waals surface area contributed by atoms with E-state index in [4.69, 9.17) is 0 Å². The third-order valence-corrected chi connectivity index (χ3v) is 2.41. The van der Waals surface area contributed by atoms with Crippen molar-refractivity contribution in [1.82, 2.24) is 0 Å². The minimum absolute atomic E-state index is 0. The first-order valence-electron chi connectivity index (χ1n) is 3.63. The molecule has 0 fully saturated rings. The van der Waals surface area contributed by atoms with Gasteiger partial charge in [0, 0.05) is 0 Å². The SMILES string of the molecule is O=S(=O)([O-])OCC(COS(=O)(=O)[O-])OS(=O)(=O)[O-].[Na+].[Na+].[Na+]. The first kappa shape index (κ1) is 31.4. The van der Waals surface area contributed by atoms with Crippen LogP contribution in [0.4, 0.5) is 0 Å². The van der Waals surface area contributed by atoms with Gasteiger partial charge in [-0.15, -0.1) is 0 Å². The van der Waals surface area contributed by atoms with Crippen LogP contribution in [-0.4, -0.2) is 58.2 Å². The summed E-state index contributed by atoms with van der Waals surface area (Å²) in [6, 6.07) is 0. The van der Waals surface area contributed by atoms with E-state index in [9.17, 15) is 38.9 Å². The van der Waals surface area contributed by atoms with Crippen LogP contribution in [0.25, 0.3) is 0 Å². The van der Waals surface area contributed by atoms with E-state index in [0.29, 0.717) is 0 Å². The Balaban J connectivity index is -0.000000482. The maximum absolute atomic E-state index is 10.1. The van der Waals surface area contributed by atoms with Crippen LogP contribution in [0, 0.1) is 0 Å². The van der Waals surface area contributed by atoms with Crippen molar-refractivity contribution in [2.24, 2.45) is 0 Å². The molecule has 0 amide bonds. The molecular weight excluding hydrogens is 393 g/mol. The topological polar surface area (TPSA) is 199 Å². The van der Waals surface area contributed by atoms with E-state index in [2.05, 4.69) is 12.5 Å². The standard InChI is InChI=1S/C3H8O12S3.3Na/c4-16(5,6)13-1-3(15-18(10,11)12)2-14-17(7,8)9;;;/h3H,1-2H2,(H,4,5,6)(H,7,8,9)(H,10,11,12);;;/q;3*+1/p-3. The first-order valence-corrected chi connectivity index (χ1v) is 7.63. The van der Waals surface area contributed by atoms with Crippen LogP contribution >= 0.6 is 0 Å². The van der Waals surface area contributed by atoms with Gasteiger partial charge < -0.3 is 13.7 Å². The van der Waals surface area contributed by atoms with Crippen LogP contribution in [0.2, 0.25) is 0 Å². The molecule has 0 aliphatic rings. The van der Waals surface area contributed by atoms with Gasteiger partial charge >= 0.3 is 88.7 Å². The van der Waals surface area contributed by atoms with Crippen LogP contribution in [0.5, 0.6) is 0 Å². The van der Waals surface area contributed by atoms with Crippen molar-refractivity contribution in [3.8, 4) is 0 Å². The molecule has 0 rings (SSSR count). The van der Waals surface area contributed by atoms with E-state index in [1.807, 2.05) is 0 Å². The van der Waals surface area contributed by atoms with Crippen molar-refractivity contribution < 1.29 is 140 Å². The summed E-state index contributed by atoms with van der Waals surface area (Å²) in [7, 11) is -15.8. The Kier molecular flexibility index (Phi) is 19.3. The molecule has 18 heteroatoms. The van der Waals surface area contributed by atoms with Crippen molar-refractivity contribution in [3.05, 3.63) is 0 Å². The molecule has 0 aliphatic carbocycles. The van der Waals surface area contributed by atoms with Crippen molar-refractivity contribution in [2.45, 2.75) is 6.10 Å². The van der Waals surface area contributed by atoms with Gasteiger partial charge in [0.1, 0.15) is 6.10 Å². The molecule has 0 atom stereocenters. The molecule has 0 unspecified atom stereocenters. The van der Waals surface area contributed by atoms with Gasteiger partial charge in [-0.2, -0.15) is 0 Å². The molecule has 0 saturated heterocycles. The first-order chi connectivity index (χ1) is 7.79. The Morgan fingerprint density at radius 1 is 0.667 bits per heavy atom. The minimum Gasteiger partial charge on any atom is -0.726 e. The summed E-state index contributed by atoms with van der Waals surface area (Å²) in [5.41, 5.74) is 0. The maximum atomic E-state index is 10.1. The maximum Gasteiger partial charge on any atom is 1.00 e. The van der Waals surface area contributed by atoms with Gasteiger partial charge in [0.15, 0.2) is 0 Å². The third kappa shape index (κ3) is 25.0. The molecule has 12 nitrogen and oxygen atoms in total. The summed E-state index contributed by atoms with van der Waals surface area (Å²) in [4.78, 5) is 0. The van der Waals surface area contributed by atoms with Crippen LogP contribution in [0.3, 0.4) is 0 Å². The Morgan fingerprint density at radius 2 is 0.952 bits per heavy atom. The molecule has 0 heterocycles. The van der Waals surface area contributed by atoms with Gasteiger partial charge in [-0.1, -0.05) is 0 Å². The monoisotopic (exact) mass is 398 g/mol. The average molecular weight is 398 g/mol. The van der Waals surface area contributed by atoms with E-state index in [-0.39, 0.29) is 88.7 Å². The van der Waals surface area contributed by atoms with Crippen LogP contribution in [-0.2, 0) is 43.7 Å². The zero-order chi connectivity index (χ0) is 14.6. The fourth-order valence-electron chi connectivity index (χ4n) is 0.589. The molecule has 0 aliphatic heterocycles. The van der Waals surface area contributed by atoms with Gasteiger partial charge in [-0.05, 0) is 0 Å². The molecule has 0 aromatic heterocycles. The summed E-state index contributed by atoms with van der Waals surface area (Å²) in [5.74, 6) is 0. The zero-order valence-electron chi connectivity index (χ0n) is 11.1.